The Morgan fingerprint density at radius 2 is 1.89 bits per heavy atom. The third-order valence-electron chi connectivity index (χ3n) is 2.29. The Bertz CT molecular complexity index is 631. The summed E-state index contributed by atoms with van der Waals surface area (Å²) in [7, 11) is 0. The van der Waals surface area contributed by atoms with Gasteiger partial charge in [-0.3, -0.25) is 9.78 Å². The average molecular weight is 305 g/mol. The molecule has 0 aliphatic rings. The van der Waals surface area contributed by atoms with Crippen LogP contribution in [0, 0.1) is 5.82 Å². The van der Waals surface area contributed by atoms with E-state index in [0.717, 1.165) is 6.07 Å². The van der Waals surface area contributed by atoms with Gasteiger partial charge < -0.3 is 0 Å². The predicted octanol–water partition coefficient (Wildman–Crippen LogP) is 4.66. The molecule has 2 nitrogen and oxygen atoms in total. The minimum atomic E-state index is -0.653. The zero-order valence-corrected chi connectivity index (χ0v) is 11.0. The van der Waals surface area contributed by atoms with Gasteiger partial charge >= 0.3 is 0 Å². The van der Waals surface area contributed by atoms with Gasteiger partial charge in [0.05, 0.1) is 15.1 Å². The van der Waals surface area contributed by atoms with Gasteiger partial charge in [-0.15, -0.1) is 0 Å². The molecule has 0 fully saturated rings. The van der Waals surface area contributed by atoms with E-state index in [1.54, 1.807) is 0 Å². The summed E-state index contributed by atoms with van der Waals surface area (Å²) in [5.41, 5.74) is 0.484. The highest BCUT2D eigenvalue weighted by atomic mass is 35.5. The van der Waals surface area contributed by atoms with E-state index in [4.69, 9.17) is 34.8 Å². The van der Waals surface area contributed by atoms with E-state index in [1.165, 1.54) is 18.3 Å². The van der Waals surface area contributed by atoms with E-state index in [-0.39, 0.29) is 26.3 Å². The van der Waals surface area contributed by atoms with Gasteiger partial charge in [-0.1, -0.05) is 34.8 Å². The lowest BCUT2D eigenvalue weighted by Gasteiger charge is -2.07. The lowest BCUT2D eigenvalue weighted by molar-refractivity contribution is 0.112. The third kappa shape index (κ3) is 2.34. The number of benzene rings is 1. The third-order valence-corrected chi connectivity index (χ3v) is 3.58. The second kappa shape index (κ2) is 5.22. The van der Waals surface area contributed by atoms with Gasteiger partial charge in [0.1, 0.15) is 11.5 Å². The van der Waals surface area contributed by atoms with Gasteiger partial charge in [-0.05, 0) is 18.2 Å². The van der Waals surface area contributed by atoms with Crippen LogP contribution in [-0.4, -0.2) is 11.3 Å². The quantitative estimate of drug-likeness (QED) is 0.596. The molecular weight excluding hydrogens is 299 g/mol. The van der Waals surface area contributed by atoms with Crippen molar-refractivity contribution in [2.24, 2.45) is 0 Å². The SMILES string of the molecule is O=Cc1cnc(-c2ccc(Cl)c(Cl)c2Cl)c(F)c1. The number of halogens is 4. The molecule has 0 saturated heterocycles. The summed E-state index contributed by atoms with van der Waals surface area (Å²) >= 11 is 17.6. The predicted molar refractivity (Wildman–Crippen MR) is 70.0 cm³/mol. The van der Waals surface area contributed by atoms with Crippen molar-refractivity contribution in [1.29, 1.82) is 0 Å². The fourth-order valence-electron chi connectivity index (χ4n) is 1.42. The molecule has 0 atom stereocenters. The number of hydrogen-bond acceptors (Lipinski definition) is 2. The highest BCUT2D eigenvalue weighted by molar-refractivity contribution is 6.49. The van der Waals surface area contributed by atoms with Crippen molar-refractivity contribution in [3.63, 3.8) is 0 Å². The van der Waals surface area contributed by atoms with Crippen molar-refractivity contribution in [1.82, 2.24) is 4.98 Å². The van der Waals surface area contributed by atoms with Crippen LogP contribution >= 0.6 is 34.8 Å². The van der Waals surface area contributed by atoms with Crippen LogP contribution in [0.25, 0.3) is 11.3 Å². The highest BCUT2D eigenvalue weighted by Gasteiger charge is 2.15. The Kier molecular flexibility index (Phi) is 3.85. The first kappa shape index (κ1) is 13.3. The minimum absolute atomic E-state index is 0.0177. The molecule has 0 radical (unpaired) electrons. The molecule has 92 valence electrons. The molecule has 0 bridgehead atoms. The van der Waals surface area contributed by atoms with E-state index in [2.05, 4.69) is 4.98 Å². The summed E-state index contributed by atoms with van der Waals surface area (Å²) in [4.78, 5) is 14.4. The largest absolute Gasteiger partial charge is 0.298 e. The fourth-order valence-corrected chi connectivity index (χ4v) is 2.05. The number of rotatable bonds is 2. The Morgan fingerprint density at radius 3 is 2.50 bits per heavy atom. The standard InChI is InChI=1S/C12H5Cl3FNO/c13-8-2-1-7(10(14)11(8)15)12-9(16)3-6(5-18)4-17-12/h1-5H. The molecule has 0 aliphatic heterocycles. The van der Waals surface area contributed by atoms with Crippen LogP contribution < -0.4 is 0 Å². The number of aldehydes is 1. The Balaban J connectivity index is 2.62. The molecule has 2 aromatic rings. The van der Waals surface area contributed by atoms with Crippen molar-refractivity contribution in [3.05, 3.63) is 50.8 Å². The molecular formula is C12H5Cl3FNO. The monoisotopic (exact) mass is 303 g/mol. The van der Waals surface area contributed by atoms with Crippen LogP contribution in [-0.2, 0) is 0 Å². The summed E-state index contributed by atoms with van der Waals surface area (Å²) in [6.45, 7) is 0. The molecule has 6 heteroatoms. The van der Waals surface area contributed by atoms with E-state index >= 15 is 0 Å². The molecule has 1 aromatic heterocycles. The molecule has 0 aliphatic carbocycles. The number of nitrogens with zero attached hydrogens (tertiary/aromatic N) is 1. The first-order valence-corrected chi connectivity index (χ1v) is 5.92. The normalized spacial score (nSPS) is 10.4. The van der Waals surface area contributed by atoms with Gasteiger partial charge in [0.25, 0.3) is 0 Å². The van der Waals surface area contributed by atoms with Crippen LogP contribution in [0.4, 0.5) is 4.39 Å². The van der Waals surface area contributed by atoms with E-state index in [0.29, 0.717) is 11.8 Å². The molecule has 0 N–H and O–H groups in total. The van der Waals surface area contributed by atoms with Gasteiger partial charge in [-0.2, -0.15) is 0 Å². The van der Waals surface area contributed by atoms with Gasteiger partial charge in [0.15, 0.2) is 6.29 Å². The van der Waals surface area contributed by atoms with E-state index in [9.17, 15) is 9.18 Å². The number of hydrogen-bond donors (Lipinski definition) is 0. The van der Waals surface area contributed by atoms with Crippen molar-refractivity contribution in [2.75, 3.05) is 0 Å². The first-order chi connectivity index (χ1) is 8.54. The van der Waals surface area contributed by atoms with E-state index in [1.807, 2.05) is 0 Å². The zero-order valence-electron chi connectivity index (χ0n) is 8.75. The summed E-state index contributed by atoms with van der Waals surface area (Å²) < 4.78 is 13.8. The van der Waals surface area contributed by atoms with Crippen molar-refractivity contribution >= 4 is 41.1 Å². The molecule has 1 heterocycles. The van der Waals surface area contributed by atoms with Crippen LogP contribution in [0.2, 0.25) is 15.1 Å². The molecule has 0 saturated carbocycles. The van der Waals surface area contributed by atoms with E-state index < -0.39 is 5.82 Å². The molecule has 1 aromatic carbocycles. The summed E-state index contributed by atoms with van der Waals surface area (Å²) in [5.74, 6) is -0.653. The van der Waals surface area contributed by atoms with Crippen LogP contribution in [0.15, 0.2) is 24.4 Å². The molecule has 0 spiro atoms. The Hall–Kier alpha value is -1.16. The second-order valence-electron chi connectivity index (χ2n) is 3.44. The maximum absolute atomic E-state index is 13.8. The van der Waals surface area contributed by atoms with Crippen molar-refractivity contribution in [2.45, 2.75) is 0 Å². The average Bonchev–Trinajstić information content (AvgIpc) is 2.37. The van der Waals surface area contributed by atoms with Crippen molar-refractivity contribution < 1.29 is 9.18 Å². The van der Waals surface area contributed by atoms with Gasteiger partial charge in [-0.25, -0.2) is 4.39 Å². The zero-order chi connectivity index (χ0) is 13.3. The smallest absolute Gasteiger partial charge is 0.151 e. The van der Waals surface area contributed by atoms with Crippen LogP contribution in [0.1, 0.15) is 10.4 Å². The molecule has 18 heavy (non-hydrogen) atoms. The maximum Gasteiger partial charge on any atom is 0.151 e. The summed E-state index contributed by atoms with van der Waals surface area (Å²) in [6, 6.07) is 4.09. The fraction of sp³-hybridized carbons (Fsp3) is 0. The maximum atomic E-state index is 13.8. The number of carbonyl (C=O) groups is 1. The highest BCUT2D eigenvalue weighted by Crippen LogP contribution is 2.38. The van der Waals surface area contributed by atoms with Crippen LogP contribution in [0.5, 0.6) is 0 Å². The lowest BCUT2D eigenvalue weighted by Crippen LogP contribution is -1.93. The summed E-state index contributed by atoms with van der Waals surface area (Å²) in [6.07, 6.45) is 1.76. The molecule has 0 unspecified atom stereocenters. The second-order valence-corrected chi connectivity index (χ2v) is 4.60. The Labute approximate surface area is 117 Å². The first-order valence-electron chi connectivity index (χ1n) is 4.79. The van der Waals surface area contributed by atoms with Crippen LogP contribution in [0.3, 0.4) is 0 Å². The molecule has 2 rings (SSSR count). The van der Waals surface area contributed by atoms with Crippen molar-refractivity contribution in [3.8, 4) is 11.3 Å². The van der Waals surface area contributed by atoms with Gasteiger partial charge in [0.2, 0.25) is 0 Å². The minimum Gasteiger partial charge on any atom is -0.298 e. The number of aromatic nitrogens is 1. The molecule has 0 amide bonds. The topological polar surface area (TPSA) is 30.0 Å². The Morgan fingerprint density at radius 1 is 1.17 bits per heavy atom. The van der Waals surface area contributed by atoms with Gasteiger partial charge in [0, 0.05) is 17.3 Å². The summed E-state index contributed by atoms with van der Waals surface area (Å²) in [5, 5.41) is 0.529. The number of pyridine rings is 1. The lowest BCUT2D eigenvalue weighted by atomic mass is 10.1. The number of carbonyl (C=O) groups excluding carboxylic acids is 1.